The van der Waals surface area contributed by atoms with E-state index < -0.39 is 12.1 Å². The fourth-order valence-corrected chi connectivity index (χ4v) is 2.18. The number of nitrogens with two attached hydrogens (primary N) is 1. The molecule has 2 rings (SSSR count). The van der Waals surface area contributed by atoms with E-state index in [4.69, 9.17) is 34.5 Å². The topological polar surface area (TPSA) is 74.8 Å². The van der Waals surface area contributed by atoms with Crippen LogP contribution in [-0.4, -0.2) is 0 Å². The zero-order valence-electron chi connectivity index (χ0n) is 10.4. The first-order valence-corrected chi connectivity index (χ1v) is 6.68. The SMILES string of the molecule is [N-]=[N+]=NC(c1ccc(Cl)cc1)C(N)c1ccc(Cl)cc1. The van der Waals surface area contributed by atoms with E-state index in [1.165, 1.54) is 0 Å². The van der Waals surface area contributed by atoms with Gasteiger partial charge in [-0.05, 0) is 40.9 Å². The van der Waals surface area contributed by atoms with E-state index in [-0.39, 0.29) is 0 Å². The summed E-state index contributed by atoms with van der Waals surface area (Å²) < 4.78 is 0. The minimum atomic E-state index is -0.501. The highest BCUT2D eigenvalue weighted by Crippen LogP contribution is 2.31. The van der Waals surface area contributed by atoms with Crippen LogP contribution < -0.4 is 5.73 Å². The Labute approximate surface area is 126 Å². The average molecular weight is 307 g/mol. The van der Waals surface area contributed by atoms with Gasteiger partial charge in [0, 0.05) is 21.0 Å². The highest BCUT2D eigenvalue weighted by atomic mass is 35.5. The Morgan fingerprint density at radius 3 is 1.80 bits per heavy atom. The highest BCUT2D eigenvalue weighted by Gasteiger charge is 2.20. The smallest absolute Gasteiger partial charge is 0.0818 e. The minimum Gasteiger partial charge on any atom is -0.323 e. The van der Waals surface area contributed by atoms with Crippen molar-refractivity contribution in [2.24, 2.45) is 10.8 Å². The molecule has 0 aromatic heterocycles. The standard InChI is InChI=1S/C14H12Cl2N4/c15-11-5-1-9(2-6-11)13(17)14(19-20-18)10-3-7-12(16)8-4-10/h1-8,13-14H,17H2. The predicted octanol–water partition coefficient (Wildman–Crippen LogP) is 5.04. The van der Waals surface area contributed by atoms with E-state index in [0.717, 1.165) is 11.1 Å². The van der Waals surface area contributed by atoms with Crippen LogP contribution in [0.25, 0.3) is 10.4 Å². The minimum absolute atomic E-state index is 0.454. The first-order chi connectivity index (χ1) is 9.61. The number of hydrogen-bond acceptors (Lipinski definition) is 2. The summed E-state index contributed by atoms with van der Waals surface area (Å²) in [6.07, 6.45) is 0. The molecule has 0 saturated heterocycles. The fourth-order valence-electron chi connectivity index (χ4n) is 1.93. The molecule has 2 N–H and O–H groups in total. The van der Waals surface area contributed by atoms with Gasteiger partial charge in [0.25, 0.3) is 0 Å². The van der Waals surface area contributed by atoms with Crippen LogP contribution in [0.1, 0.15) is 23.2 Å². The molecule has 2 aromatic rings. The lowest BCUT2D eigenvalue weighted by molar-refractivity contribution is 0.571. The van der Waals surface area contributed by atoms with Gasteiger partial charge in [0.2, 0.25) is 0 Å². The van der Waals surface area contributed by atoms with Crippen LogP contribution in [0, 0.1) is 0 Å². The van der Waals surface area contributed by atoms with E-state index >= 15 is 0 Å². The van der Waals surface area contributed by atoms with E-state index in [0.29, 0.717) is 10.0 Å². The number of nitrogens with zero attached hydrogens (tertiary/aromatic N) is 3. The number of halogens is 2. The Kier molecular flexibility index (Phi) is 4.88. The second-order valence-electron chi connectivity index (χ2n) is 4.28. The largest absolute Gasteiger partial charge is 0.323 e. The fraction of sp³-hybridized carbons (Fsp3) is 0.143. The maximum atomic E-state index is 8.75. The van der Waals surface area contributed by atoms with Crippen molar-refractivity contribution in [3.05, 3.63) is 80.1 Å². The van der Waals surface area contributed by atoms with E-state index in [2.05, 4.69) is 10.0 Å². The van der Waals surface area contributed by atoms with Gasteiger partial charge in [-0.2, -0.15) is 0 Å². The number of azide groups is 1. The van der Waals surface area contributed by atoms with Crippen molar-refractivity contribution >= 4 is 23.2 Å². The van der Waals surface area contributed by atoms with Crippen molar-refractivity contribution in [1.29, 1.82) is 0 Å². The monoisotopic (exact) mass is 306 g/mol. The van der Waals surface area contributed by atoms with Gasteiger partial charge >= 0.3 is 0 Å². The van der Waals surface area contributed by atoms with Crippen LogP contribution in [0.4, 0.5) is 0 Å². The number of benzene rings is 2. The molecule has 0 amide bonds. The Hall–Kier alpha value is -1.71. The molecule has 2 atom stereocenters. The molecule has 0 radical (unpaired) electrons. The molecule has 2 aromatic carbocycles. The Morgan fingerprint density at radius 1 is 0.900 bits per heavy atom. The van der Waals surface area contributed by atoms with Gasteiger partial charge in [0.15, 0.2) is 0 Å². The summed E-state index contributed by atoms with van der Waals surface area (Å²) in [6, 6.07) is 13.3. The molecule has 0 bridgehead atoms. The molecular weight excluding hydrogens is 295 g/mol. The maximum Gasteiger partial charge on any atom is 0.0818 e. The third kappa shape index (κ3) is 3.44. The molecule has 20 heavy (non-hydrogen) atoms. The van der Waals surface area contributed by atoms with Crippen LogP contribution in [-0.2, 0) is 0 Å². The first kappa shape index (κ1) is 14.7. The molecule has 0 aliphatic heterocycles. The van der Waals surface area contributed by atoms with Crippen molar-refractivity contribution in [3.63, 3.8) is 0 Å². The van der Waals surface area contributed by atoms with Gasteiger partial charge in [-0.15, -0.1) is 0 Å². The van der Waals surface area contributed by atoms with Gasteiger partial charge in [-0.3, -0.25) is 0 Å². The van der Waals surface area contributed by atoms with Crippen molar-refractivity contribution in [1.82, 2.24) is 0 Å². The van der Waals surface area contributed by atoms with E-state index in [9.17, 15) is 0 Å². The second-order valence-corrected chi connectivity index (χ2v) is 5.15. The van der Waals surface area contributed by atoms with E-state index in [1.807, 2.05) is 12.1 Å². The lowest BCUT2D eigenvalue weighted by atomic mass is 9.95. The quantitative estimate of drug-likeness (QED) is 0.479. The molecular formula is C14H12Cl2N4. The lowest BCUT2D eigenvalue weighted by Crippen LogP contribution is -2.18. The normalized spacial score (nSPS) is 13.3. The van der Waals surface area contributed by atoms with Crippen LogP contribution in [0.2, 0.25) is 10.0 Å². The summed E-state index contributed by atoms with van der Waals surface area (Å²) in [5, 5.41) is 5.05. The molecule has 0 spiro atoms. The second kappa shape index (κ2) is 6.64. The molecule has 2 unspecified atom stereocenters. The third-order valence-electron chi connectivity index (χ3n) is 2.98. The van der Waals surface area contributed by atoms with Gasteiger partial charge in [-0.1, -0.05) is 52.6 Å². The van der Waals surface area contributed by atoms with Crippen molar-refractivity contribution in [3.8, 4) is 0 Å². The predicted molar refractivity (Wildman–Crippen MR) is 81.7 cm³/mol. The summed E-state index contributed by atoms with van der Waals surface area (Å²) in [5.74, 6) is 0. The van der Waals surface area contributed by atoms with Gasteiger partial charge in [0.1, 0.15) is 0 Å². The maximum absolute atomic E-state index is 8.75. The Bertz CT molecular complexity index is 619. The Morgan fingerprint density at radius 2 is 1.35 bits per heavy atom. The average Bonchev–Trinajstić information content (AvgIpc) is 2.46. The molecule has 6 heteroatoms. The highest BCUT2D eigenvalue weighted by molar-refractivity contribution is 6.30. The molecule has 0 aliphatic rings. The van der Waals surface area contributed by atoms with Crippen molar-refractivity contribution < 1.29 is 0 Å². The van der Waals surface area contributed by atoms with Crippen LogP contribution >= 0.6 is 23.2 Å². The number of rotatable bonds is 4. The van der Waals surface area contributed by atoms with Gasteiger partial charge in [0.05, 0.1) is 6.04 Å². The molecule has 0 heterocycles. The van der Waals surface area contributed by atoms with Crippen LogP contribution in [0.5, 0.6) is 0 Å². The van der Waals surface area contributed by atoms with Crippen molar-refractivity contribution in [2.75, 3.05) is 0 Å². The molecule has 4 nitrogen and oxygen atoms in total. The van der Waals surface area contributed by atoms with Gasteiger partial charge in [-0.25, -0.2) is 0 Å². The summed E-state index contributed by atoms with van der Waals surface area (Å²) in [7, 11) is 0. The Balaban J connectivity index is 2.35. The zero-order chi connectivity index (χ0) is 14.5. The lowest BCUT2D eigenvalue weighted by Gasteiger charge is -2.20. The summed E-state index contributed by atoms with van der Waals surface area (Å²) in [4.78, 5) is 2.88. The van der Waals surface area contributed by atoms with Crippen LogP contribution in [0.15, 0.2) is 53.6 Å². The van der Waals surface area contributed by atoms with Gasteiger partial charge < -0.3 is 5.73 Å². The number of hydrogen-bond donors (Lipinski definition) is 1. The third-order valence-corrected chi connectivity index (χ3v) is 3.49. The van der Waals surface area contributed by atoms with Crippen LogP contribution in [0.3, 0.4) is 0 Å². The summed E-state index contributed by atoms with van der Waals surface area (Å²) in [5.41, 5.74) is 16.6. The molecule has 102 valence electrons. The summed E-state index contributed by atoms with van der Waals surface area (Å²) >= 11 is 11.7. The van der Waals surface area contributed by atoms with Crippen molar-refractivity contribution in [2.45, 2.75) is 12.1 Å². The molecule has 0 saturated carbocycles. The molecule has 0 fully saturated rings. The zero-order valence-corrected chi connectivity index (χ0v) is 12.0. The molecule has 0 aliphatic carbocycles. The first-order valence-electron chi connectivity index (χ1n) is 5.92. The summed E-state index contributed by atoms with van der Waals surface area (Å²) in [6.45, 7) is 0. The van der Waals surface area contributed by atoms with E-state index in [1.54, 1.807) is 36.4 Å².